The topological polar surface area (TPSA) is 63.7 Å². The van der Waals surface area contributed by atoms with E-state index in [9.17, 15) is 0 Å². The Morgan fingerprint density at radius 1 is 1.43 bits per heavy atom. The molecule has 1 unspecified atom stereocenters. The van der Waals surface area contributed by atoms with Gasteiger partial charge >= 0.3 is 0 Å². The fraction of sp³-hybridized carbons (Fsp3) is 0.647. The molecule has 0 radical (unpaired) electrons. The molecule has 6 heteroatoms. The lowest BCUT2D eigenvalue weighted by atomic mass is 10.0. The molecule has 1 aromatic heterocycles. The normalized spacial score (nSPS) is 21.7. The molecule has 1 saturated carbocycles. The van der Waals surface area contributed by atoms with Crippen LogP contribution in [0.15, 0.2) is 23.3 Å². The molecule has 2 heterocycles. The van der Waals surface area contributed by atoms with Crippen LogP contribution >= 0.6 is 24.0 Å². The summed E-state index contributed by atoms with van der Waals surface area (Å²) in [5.41, 5.74) is 7.22. The number of halogens is 1. The van der Waals surface area contributed by atoms with E-state index >= 15 is 0 Å². The average molecular weight is 430 g/mol. The SMILES string of the molecule is CC1CCCN(C(N)=NCc2ccnc(OCC3CC3)c2)C1.I. The third kappa shape index (κ3) is 5.82. The first-order chi connectivity index (χ1) is 10.7. The van der Waals surface area contributed by atoms with E-state index in [0.29, 0.717) is 24.3 Å². The molecule has 23 heavy (non-hydrogen) atoms. The van der Waals surface area contributed by atoms with Crippen LogP contribution in [-0.4, -0.2) is 35.5 Å². The first-order valence-corrected chi connectivity index (χ1v) is 8.33. The maximum Gasteiger partial charge on any atom is 0.213 e. The molecule has 2 N–H and O–H groups in total. The largest absolute Gasteiger partial charge is 0.477 e. The third-order valence-corrected chi connectivity index (χ3v) is 4.37. The van der Waals surface area contributed by atoms with E-state index in [1.54, 1.807) is 6.20 Å². The number of piperidine rings is 1. The minimum Gasteiger partial charge on any atom is -0.477 e. The molecule has 128 valence electrons. The van der Waals surface area contributed by atoms with Crippen molar-refractivity contribution in [3.05, 3.63) is 23.9 Å². The van der Waals surface area contributed by atoms with E-state index in [1.165, 1.54) is 25.7 Å². The van der Waals surface area contributed by atoms with Gasteiger partial charge < -0.3 is 15.4 Å². The number of guanidine groups is 1. The third-order valence-electron chi connectivity index (χ3n) is 4.37. The number of aromatic nitrogens is 1. The fourth-order valence-electron chi connectivity index (χ4n) is 2.79. The minimum atomic E-state index is 0. The van der Waals surface area contributed by atoms with E-state index in [0.717, 1.165) is 31.2 Å². The van der Waals surface area contributed by atoms with Crippen LogP contribution in [0.1, 0.15) is 38.2 Å². The molecule has 2 aliphatic rings. The number of ether oxygens (including phenoxy) is 1. The zero-order valence-electron chi connectivity index (χ0n) is 13.8. The van der Waals surface area contributed by atoms with Gasteiger partial charge in [0, 0.05) is 25.4 Å². The zero-order chi connectivity index (χ0) is 15.4. The maximum atomic E-state index is 6.13. The van der Waals surface area contributed by atoms with Crippen LogP contribution in [-0.2, 0) is 6.54 Å². The number of pyridine rings is 1. The number of hydrogen-bond acceptors (Lipinski definition) is 3. The van der Waals surface area contributed by atoms with E-state index in [1.807, 2.05) is 12.1 Å². The lowest BCUT2D eigenvalue weighted by Gasteiger charge is -2.31. The van der Waals surface area contributed by atoms with Crippen molar-refractivity contribution in [1.82, 2.24) is 9.88 Å². The van der Waals surface area contributed by atoms with Crippen molar-refractivity contribution in [3.8, 4) is 5.88 Å². The Hall–Kier alpha value is -1.05. The Bertz CT molecular complexity index is 533. The Labute approximate surface area is 155 Å². The van der Waals surface area contributed by atoms with E-state index in [4.69, 9.17) is 10.5 Å². The van der Waals surface area contributed by atoms with Gasteiger partial charge in [0.15, 0.2) is 5.96 Å². The minimum absolute atomic E-state index is 0. The molecule has 1 aromatic rings. The van der Waals surface area contributed by atoms with Crippen molar-refractivity contribution in [1.29, 1.82) is 0 Å². The van der Waals surface area contributed by atoms with Crippen molar-refractivity contribution < 1.29 is 4.74 Å². The molecule has 1 atom stereocenters. The van der Waals surface area contributed by atoms with Gasteiger partial charge in [-0.2, -0.15) is 0 Å². The van der Waals surface area contributed by atoms with E-state index in [2.05, 4.69) is 21.8 Å². The van der Waals surface area contributed by atoms with E-state index < -0.39 is 0 Å². The lowest BCUT2D eigenvalue weighted by Crippen LogP contribution is -2.43. The number of aliphatic imine (C=N–C) groups is 1. The van der Waals surface area contributed by atoms with Crippen LogP contribution in [0.25, 0.3) is 0 Å². The molecule has 1 saturated heterocycles. The van der Waals surface area contributed by atoms with Crippen LogP contribution in [0.2, 0.25) is 0 Å². The van der Waals surface area contributed by atoms with Gasteiger partial charge in [0.2, 0.25) is 5.88 Å². The van der Waals surface area contributed by atoms with Gasteiger partial charge in [-0.25, -0.2) is 9.98 Å². The van der Waals surface area contributed by atoms with Crippen molar-refractivity contribution in [2.24, 2.45) is 22.6 Å². The van der Waals surface area contributed by atoms with Crippen molar-refractivity contribution in [2.75, 3.05) is 19.7 Å². The molecular formula is C17H27IN4O. The highest BCUT2D eigenvalue weighted by molar-refractivity contribution is 14.0. The fourth-order valence-corrected chi connectivity index (χ4v) is 2.79. The van der Waals surface area contributed by atoms with Gasteiger partial charge in [-0.1, -0.05) is 6.92 Å². The van der Waals surface area contributed by atoms with Crippen LogP contribution < -0.4 is 10.5 Å². The lowest BCUT2D eigenvalue weighted by molar-refractivity contribution is 0.270. The summed E-state index contributed by atoms with van der Waals surface area (Å²) in [6.45, 7) is 5.67. The Balaban J connectivity index is 0.00000192. The Kier molecular flexibility index (Phi) is 6.92. The second-order valence-corrected chi connectivity index (χ2v) is 6.62. The number of likely N-dealkylation sites (tertiary alicyclic amines) is 1. The molecule has 0 amide bonds. The number of hydrogen-bond donors (Lipinski definition) is 1. The Morgan fingerprint density at radius 3 is 3.00 bits per heavy atom. The first kappa shape index (κ1) is 18.3. The van der Waals surface area contributed by atoms with Crippen molar-refractivity contribution >= 4 is 29.9 Å². The number of nitrogens with zero attached hydrogens (tertiary/aromatic N) is 3. The molecule has 3 rings (SSSR count). The molecule has 1 aliphatic heterocycles. The zero-order valence-corrected chi connectivity index (χ0v) is 16.1. The molecule has 1 aliphatic carbocycles. The summed E-state index contributed by atoms with van der Waals surface area (Å²) in [6.07, 6.45) is 6.84. The average Bonchev–Trinajstić information content (AvgIpc) is 3.35. The van der Waals surface area contributed by atoms with Gasteiger partial charge in [-0.15, -0.1) is 24.0 Å². The smallest absolute Gasteiger partial charge is 0.213 e. The summed E-state index contributed by atoms with van der Waals surface area (Å²) in [5.74, 6) is 2.79. The van der Waals surface area contributed by atoms with Gasteiger partial charge in [0.25, 0.3) is 0 Å². The van der Waals surface area contributed by atoms with Crippen LogP contribution in [0, 0.1) is 11.8 Å². The van der Waals surface area contributed by atoms with Crippen LogP contribution in [0.4, 0.5) is 0 Å². The van der Waals surface area contributed by atoms with Gasteiger partial charge in [-0.3, -0.25) is 0 Å². The standard InChI is InChI=1S/C17H26N4O.HI/c1-13-3-2-8-21(11-13)17(18)20-10-15-6-7-19-16(9-15)22-12-14-4-5-14;/h6-7,9,13-14H,2-5,8,10-12H2,1H3,(H2,18,20);1H. The first-order valence-electron chi connectivity index (χ1n) is 8.33. The predicted molar refractivity (Wildman–Crippen MR) is 103 cm³/mol. The van der Waals surface area contributed by atoms with Crippen molar-refractivity contribution in [3.63, 3.8) is 0 Å². The monoisotopic (exact) mass is 430 g/mol. The second kappa shape index (κ2) is 8.70. The second-order valence-electron chi connectivity index (χ2n) is 6.62. The summed E-state index contributed by atoms with van der Waals surface area (Å²) >= 11 is 0. The number of rotatable bonds is 5. The summed E-state index contributed by atoms with van der Waals surface area (Å²) in [6, 6.07) is 3.94. The molecule has 5 nitrogen and oxygen atoms in total. The maximum absolute atomic E-state index is 6.13. The molecule has 0 bridgehead atoms. The highest BCUT2D eigenvalue weighted by Gasteiger charge is 2.22. The highest BCUT2D eigenvalue weighted by Crippen LogP contribution is 2.29. The van der Waals surface area contributed by atoms with Crippen LogP contribution in [0.3, 0.4) is 0 Å². The van der Waals surface area contributed by atoms with Crippen LogP contribution in [0.5, 0.6) is 5.88 Å². The Morgan fingerprint density at radius 2 is 2.26 bits per heavy atom. The summed E-state index contributed by atoms with van der Waals surface area (Å²) < 4.78 is 5.71. The molecule has 0 aromatic carbocycles. The van der Waals surface area contributed by atoms with Crippen molar-refractivity contribution in [2.45, 2.75) is 39.2 Å². The molecule has 2 fully saturated rings. The quantitative estimate of drug-likeness (QED) is 0.443. The highest BCUT2D eigenvalue weighted by atomic mass is 127. The van der Waals surface area contributed by atoms with Gasteiger partial charge in [0.1, 0.15) is 0 Å². The van der Waals surface area contributed by atoms with Gasteiger partial charge in [-0.05, 0) is 49.1 Å². The summed E-state index contributed by atoms with van der Waals surface area (Å²) in [7, 11) is 0. The predicted octanol–water partition coefficient (Wildman–Crippen LogP) is 3.04. The van der Waals surface area contributed by atoms with E-state index in [-0.39, 0.29) is 24.0 Å². The number of nitrogens with two attached hydrogens (primary N) is 1. The summed E-state index contributed by atoms with van der Waals surface area (Å²) in [5, 5.41) is 0. The molecule has 0 spiro atoms. The van der Waals surface area contributed by atoms with Gasteiger partial charge in [0.05, 0.1) is 13.2 Å². The molecular weight excluding hydrogens is 403 g/mol. The summed E-state index contributed by atoms with van der Waals surface area (Å²) in [4.78, 5) is 11.0.